The van der Waals surface area contributed by atoms with Crippen LogP contribution in [0.4, 0.5) is 5.69 Å². The van der Waals surface area contributed by atoms with Gasteiger partial charge in [0.15, 0.2) is 0 Å². The topological polar surface area (TPSA) is 46.2 Å². The van der Waals surface area contributed by atoms with Gasteiger partial charge in [-0.05, 0) is 23.8 Å². The highest BCUT2D eigenvalue weighted by molar-refractivity contribution is 6.34. The second-order valence-electron chi connectivity index (χ2n) is 3.83. The van der Waals surface area contributed by atoms with Gasteiger partial charge in [-0.2, -0.15) is 0 Å². The van der Waals surface area contributed by atoms with E-state index in [4.69, 9.17) is 11.6 Å². The zero-order valence-electron chi connectivity index (χ0n) is 9.97. The smallest absolute Gasteiger partial charge is 0.257 e. The number of benzene rings is 2. The zero-order valence-corrected chi connectivity index (χ0v) is 10.7. The van der Waals surface area contributed by atoms with Crippen LogP contribution in [0.1, 0.15) is 15.9 Å². The lowest BCUT2D eigenvalue weighted by atomic mass is 10.0. The fourth-order valence-corrected chi connectivity index (χ4v) is 1.98. The minimum atomic E-state index is -0.343. The van der Waals surface area contributed by atoms with E-state index in [1.807, 2.05) is 18.2 Å². The molecule has 1 amide bonds. The van der Waals surface area contributed by atoms with Crippen LogP contribution in [0.3, 0.4) is 0 Å². The van der Waals surface area contributed by atoms with E-state index in [-0.39, 0.29) is 5.91 Å². The van der Waals surface area contributed by atoms with Crippen molar-refractivity contribution in [2.75, 3.05) is 5.32 Å². The predicted octanol–water partition coefficient (Wildman–Crippen LogP) is 3.34. The molecule has 0 heterocycles. The summed E-state index contributed by atoms with van der Waals surface area (Å²) in [6, 6.07) is 14.0. The summed E-state index contributed by atoms with van der Waals surface area (Å²) in [5.41, 5.74) is 1.46. The minimum absolute atomic E-state index is 0.292. The number of nitrogens with one attached hydrogen (secondary N) is 1. The van der Waals surface area contributed by atoms with Gasteiger partial charge in [-0.25, -0.2) is 0 Å². The van der Waals surface area contributed by atoms with Crippen molar-refractivity contribution in [3.8, 4) is 0 Å². The SMILES string of the molecule is O=C[CH]c1cccc(Cl)c1C(=O)Nc1ccccc1. The summed E-state index contributed by atoms with van der Waals surface area (Å²) in [6.07, 6.45) is 1.94. The Kier molecular flexibility index (Phi) is 4.31. The van der Waals surface area contributed by atoms with E-state index in [0.717, 1.165) is 0 Å². The maximum absolute atomic E-state index is 12.2. The predicted molar refractivity (Wildman–Crippen MR) is 75.3 cm³/mol. The Labute approximate surface area is 116 Å². The Morgan fingerprint density at radius 3 is 2.47 bits per heavy atom. The number of hydrogen-bond acceptors (Lipinski definition) is 2. The van der Waals surface area contributed by atoms with Crippen molar-refractivity contribution in [1.82, 2.24) is 0 Å². The third kappa shape index (κ3) is 3.20. The third-order valence-corrected chi connectivity index (χ3v) is 2.87. The van der Waals surface area contributed by atoms with Gasteiger partial charge in [-0.1, -0.05) is 41.9 Å². The number of hydrogen-bond donors (Lipinski definition) is 1. The van der Waals surface area contributed by atoms with Crippen molar-refractivity contribution in [2.45, 2.75) is 0 Å². The van der Waals surface area contributed by atoms with E-state index in [9.17, 15) is 9.59 Å². The zero-order chi connectivity index (χ0) is 13.7. The van der Waals surface area contributed by atoms with Gasteiger partial charge in [0.1, 0.15) is 6.29 Å². The van der Waals surface area contributed by atoms with Gasteiger partial charge in [-0.3, -0.25) is 4.79 Å². The molecule has 0 atom stereocenters. The molecule has 1 radical (unpaired) electrons. The van der Waals surface area contributed by atoms with E-state index in [1.165, 1.54) is 6.42 Å². The highest BCUT2D eigenvalue weighted by Gasteiger charge is 2.15. The van der Waals surface area contributed by atoms with E-state index in [2.05, 4.69) is 5.32 Å². The monoisotopic (exact) mass is 272 g/mol. The molecule has 2 aromatic carbocycles. The lowest BCUT2D eigenvalue weighted by Gasteiger charge is -2.10. The molecule has 1 N–H and O–H groups in total. The van der Waals surface area contributed by atoms with Gasteiger partial charge in [0, 0.05) is 5.69 Å². The Morgan fingerprint density at radius 1 is 1.05 bits per heavy atom. The number of anilines is 1. The van der Waals surface area contributed by atoms with Gasteiger partial charge < -0.3 is 10.1 Å². The Morgan fingerprint density at radius 2 is 1.79 bits per heavy atom. The molecule has 0 saturated carbocycles. The molecule has 0 aliphatic carbocycles. The molecular weight excluding hydrogens is 262 g/mol. The van der Waals surface area contributed by atoms with Crippen LogP contribution in [0.15, 0.2) is 48.5 Å². The number of aldehydes is 1. The molecule has 2 aromatic rings. The van der Waals surface area contributed by atoms with Gasteiger partial charge in [0.2, 0.25) is 0 Å². The fourth-order valence-electron chi connectivity index (χ4n) is 1.71. The largest absolute Gasteiger partial charge is 0.322 e. The van der Waals surface area contributed by atoms with Crippen molar-refractivity contribution < 1.29 is 9.59 Å². The number of carbonyl (C=O) groups excluding carboxylic acids is 2. The first-order chi connectivity index (χ1) is 9.22. The molecule has 2 rings (SSSR count). The van der Waals surface area contributed by atoms with E-state index >= 15 is 0 Å². The van der Waals surface area contributed by atoms with Crippen LogP contribution in [-0.4, -0.2) is 12.2 Å². The molecule has 0 aromatic heterocycles. The molecule has 0 bridgehead atoms. The Balaban J connectivity index is 2.30. The summed E-state index contributed by atoms with van der Waals surface area (Å²) in [7, 11) is 0. The van der Waals surface area contributed by atoms with Crippen LogP contribution in [0, 0.1) is 6.42 Å². The van der Waals surface area contributed by atoms with Crippen LogP contribution >= 0.6 is 11.6 Å². The number of halogens is 1. The van der Waals surface area contributed by atoms with Gasteiger partial charge in [0.05, 0.1) is 17.0 Å². The lowest BCUT2D eigenvalue weighted by Crippen LogP contribution is -2.14. The number of carbonyl (C=O) groups is 2. The Bertz CT molecular complexity index is 596. The highest BCUT2D eigenvalue weighted by atomic mass is 35.5. The molecule has 3 nitrogen and oxygen atoms in total. The summed E-state index contributed by atoms with van der Waals surface area (Å²) in [5.74, 6) is -0.343. The van der Waals surface area contributed by atoms with Gasteiger partial charge in [0.25, 0.3) is 5.91 Å². The first kappa shape index (κ1) is 13.3. The maximum Gasteiger partial charge on any atom is 0.257 e. The van der Waals surface area contributed by atoms with Gasteiger partial charge >= 0.3 is 0 Å². The van der Waals surface area contributed by atoms with Crippen molar-refractivity contribution >= 4 is 29.5 Å². The molecule has 0 saturated heterocycles. The summed E-state index contributed by atoms with van der Waals surface area (Å²) in [5, 5.41) is 3.05. The van der Waals surface area contributed by atoms with Crippen LogP contribution in [0.5, 0.6) is 0 Å². The standard InChI is InChI=1S/C15H11ClNO2/c16-13-8-4-5-11(9-10-18)14(13)15(19)17-12-6-2-1-3-7-12/h1-10H,(H,17,19). The van der Waals surface area contributed by atoms with Crippen LogP contribution in [-0.2, 0) is 4.79 Å². The first-order valence-corrected chi connectivity index (χ1v) is 6.03. The highest BCUT2D eigenvalue weighted by Crippen LogP contribution is 2.22. The molecule has 0 aliphatic rings. The van der Waals surface area contributed by atoms with Crippen LogP contribution in [0.2, 0.25) is 5.02 Å². The van der Waals surface area contributed by atoms with Gasteiger partial charge in [-0.15, -0.1) is 0 Å². The molecular formula is C15H11ClNO2. The fraction of sp³-hybridized carbons (Fsp3) is 0. The second kappa shape index (κ2) is 6.16. The second-order valence-corrected chi connectivity index (χ2v) is 4.23. The van der Waals surface area contributed by atoms with E-state index in [1.54, 1.807) is 30.3 Å². The number of amides is 1. The Hall–Kier alpha value is -2.13. The third-order valence-electron chi connectivity index (χ3n) is 2.55. The molecule has 0 spiro atoms. The van der Waals surface area contributed by atoms with Crippen molar-refractivity contribution in [2.24, 2.45) is 0 Å². The molecule has 19 heavy (non-hydrogen) atoms. The molecule has 0 fully saturated rings. The van der Waals surface area contributed by atoms with Crippen LogP contribution in [0.25, 0.3) is 0 Å². The van der Waals surface area contributed by atoms with Crippen LogP contribution < -0.4 is 5.32 Å². The van der Waals surface area contributed by atoms with Crippen molar-refractivity contribution in [3.63, 3.8) is 0 Å². The number of para-hydroxylation sites is 1. The molecule has 0 aliphatic heterocycles. The average molecular weight is 273 g/mol. The minimum Gasteiger partial charge on any atom is -0.322 e. The summed E-state index contributed by atoms with van der Waals surface area (Å²) in [4.78, 5) is 22.8. The van der Waals surface area contributed by atoms with E-state index < -0.39 is 0 Å². The summed E-state index contributed by atoms with van der Waals surface area (Å²) in [6.45, 7) is 0. The lowest BCUT2D eigenvalue weighted by molar-refractivity contribution is -0.104. The maximum atomic E-state index is 12.2. The molecule has 4 heteroatoms. The normalized spacial score (nSPS) is 9.95. The quantitative estimate of drug-likeness (QED) is 0.868. The number of rotatable bonds is 4. The summed E-state index contributed by atoms with van der Waals surface area (Å²) >= 11 is 6.03. The first-order valence-electron chi connectivity index (χ1n) is 5.66. The van der Waals surface area contributed by atoms with Crippen molar-refractivity contribution in [1.29, 1.82) is 0 Å². The molecule has 0 unspecified atom stereocenters. The van der Waals surface area contributed by atoms with Crippen molar-refractivity contribution in [3.05, 3.63) is 71.1 Å². The summed E-state index contributed by atoms with van der Waals surface area (Å²) < 4.78 is 0. The van der Waals surface area contributed by atoms with E-state index in [0.29, 0.717) is 28.1 Å². The average Bonchev–Trinajstić information content (AvgIpc) is 2.40. The molecule has 95 valence electrons.